The lowest BCUT2D eigenvalue weighted by molar-refractivity contribution is -0.141. The summed E-state index contributed by atoms with van der Waals surface area (Å²) in [6.45, 7) is 0. The van der Waals surface area contributed by atoms with Crippen molar-refractivity contribution in [3.63, 3.8) is 0 Å². The van der Waals surface area contributed by atoms with Crippen LogP contribution in [0.5, 0.6) is 0 Å². The first-order valence-electron chi connectivity index (χ1n) is 4.53. The summed E-state index contributed by atoms with van der Waals surface area (Å²) in [5, 5.41) is 27.5. The Bertz CT molecular complexity index is 393. The first-order chi connectivity index (χ1) is 7.56. The van der Waals surface area contributed by atoms with Crippen LogP contribution in [0.3, 0.4) is 0 Å². The lowest BCUT2D eigenvalue weighted by Crippen LogP contribution is -2.22. The number of nitrogens with zero attached hydrogens (tertiary/aromatic N) is 1. The Kier molecular flexibility index (Phi) is 4.10. The molecule has 6 heteroatoms. The van der Waals surface area contributed by atoms with Crippen LogP contribution in [0.15, 0.2) is 18.5 Å². The summed E-state index contributed by atoms with van der Waals surface area (Å²) in [7, 11) is 0. The predicted molar refractivity (Wildman–Crippen MR) is 52.8 cm³/mol. The van der Waals surface area contributed by atoms with E-state index < -0.39 is 24.6 Å². The van der Waals surface area contributed by atoms with E-state index in [0.29, 0.717) is 6.29 Å². The van der Waals surface area contributed by atoms with E-state index in [2.05, 4.69) is 4.98 Å². The lowest BCUT2D eigenvalue weighted by atomic mass is 10.00. The Morgan fingerprint density at radius 2 is 2.19 bits per heavy atom. The van der Waals surface area contributed by atoms with Crippen molar-refractivity contribution < 1.29 is 24.9 Å². The fourth-order valence-electron chi connectivity index (χ4n) is 1.27. The third-order valence-corrected chi connectivity index (χ3v) is 2.08. The number of hydrogen-bond acceptors (Lipinski definition) is 5. The summed E-state index contributed by atoms with van der Waals surface area (Å²) >= 11 is 0. The second-order valence-electron chi connectivity index (χ2n) is 3.23. The molecule has 0 bridgehead atoms. The lowest BCUT2D eigenvalue weighted by Gasteiger charge is -2.17. The van der Waals surface area contributed by atoms with Crippen LogP contribution in [0.4, 0.5) is 0 Å². The van der Waals surface area contributed by atoms with Crippen molar-refractivity contribution in [1.29, 1.82) is 0 Å². The number of aldehydes is 1. The molecule has 3 N–H and O–H groups in total. The molecule has 0 aliphatic rings. The van der Waals surface area contributed by atoms with Crippen molar-refractivity contribution in [3.05, 3.63) is 29.6 Å². The van der Waals surface area contributed by atoms with E-state index in [1.165, 1.54) is 18.5 Å². The molecular formula is C10H11NO5. The van der Waals surface area contributed by atoms with Gasteiger partial charge in [0.25, 0.3) is 0 Å². The van der Waals surface area contributed by atoms with Gasteiger partial charge in [0.05, 0.1) is 12.5 Å². The molecule has 0 radical (unpaired) electrons. The molecule has 0 aromatic carbocycles. The topological polar surface area (TPSA) is 108 Å². The fourth-order valence-corrected chi connectivity index (χ4v) is 1.27. The maximum atomic E-state index is 10.6. The number of aliphatic carboxylic acids is 1. The number of hydrogen-bond donors (Lipinski definition) is 3. The molecule has 1 aromatic heterocycles. The van der Waals surface area contributed by atoms with E-state index in [1.54, 1.807) is 0 Å². The Labute approximate surface area is 91.2 Å². The van der Waals surface area contributed by atoms with Gasteiger partial charge in [-0.15, -0.1) is 0 Å². The Balaban J connectivity index is 2.90. The van der Waals surface area contributed by atoms with Crippen LogP contribution >= 0.6 is 0 Å². The van der Waals surface area contributed by atoms with Crippen molar-refractivity contribution in [2.45, 2.75) is 18.6 Å². The fraction of sp³-hybridized carbons (Fsp3) is 0.300. The summed E-state index contributed by atoms with van der Waals surface area (Å²) < 4.78 is 0. The van der Waals surface area contributed by atoms with Gasteiger partial charge in [-0.2, -0.15) is 0 Å². The largest absolute Gasteiger partial charge is 0.481 e. The van der Waals surface area contributed by atoms with Gasteiger partial charge in [-0.3, -0.25) is 14.6 Å². The molecule has 0 aliphatic carbocycles. The number of carboxylic acid groups (broad SMARTS) is 1. The Morgan fingerprint density at radius 1 is 1.50 bits per heavy atom. The van der Waals surface area contributed by atoms with Gasteiger partial charge in [0.2, 0.25) is 0 Å². The number of carbonyl (C=O) groups excluding carboxylic acids is 1. The van der Waals surface area contributed by atoms with Gasteiger partial charge in [-0.1, -0.05) is 0 Å². The standard InChI is InChI=1S/C10H11NO5/c12-5-6-1-2-11-4-7(6)10(16)8(13)3-9(14)15/h1-2,4-5,8,10,13,16H,3H2,(H,14,15). The zero-order valence-corrected chi connectivity index (χ0v) is 8.28. The average molecular weight is 225 g/mol. The molecule has 0 saturated heterocycles. The van der Waals surface area contributed by atoms with E-state index in [9.17, 15) is 19.8 Å². The highest BCUT2D eigenvalue weighted by molar-refractivity contribution is 5.77. The quantitative estimate of drug-likeness (QED) is 0.597. The van der Waals surface area contributed by atoms with Gasteiger partial charge in [-0.25, -0.2) is 0 Å². The minimum atomic E-state index is -1.47. The minimum Gasteiger partial charge on any atom is -0.481 e. The molecule has 6 nitrogen and oxygen atoms in total. The van der Waals surface area contributed by atoms with E-state index in [-0.39, 0.29) is 11.1 Å². The molecule has 0 amide bonds. The third-order valence-electron chi connectivity index (χ3n) is 2.08. The van der Waals surface area contributed by atoms with E-state index in [4.69, 9.17) is 5.11 Å². The first-order valence-corrected chi connectivity index (χ1v) is 4.53. The summed E-state index contributed by atoms with van der Waals surface area (Å²) in [5.74, 6) is -1.23. The third kappa shape index (κ3) is 2.85. The molecule has 2 atom stereocenters. The molecule has 0 saturated carbocycles. The van der Waals surface area contributed by atoms with Crippen molar-refractivity contribution in [2.75, 3.05) is 0 Å². The molecule has 0 spiro atoms. The average Bonchev–Trinajstić information content (AvgIpc) is 2.27. The summed E-state index contributed by atoms with van der Waals surface area (Å²) in [4.78, 5) is 24.7. The van der Waals surface area contributed by atoms with Crippen molar-refractivity contribution in [1.82, 2.24) is 4.98 Å². The predicted octanol–water partition coefficient (Wildman–Crippen LogP) is -0.237. The van der Waals surface area contributed by atoms with Crippen LogP contribution < -0.4 is 0 Å². The molecule has 1 heterocycles. The molecular weight excluding hydrogens is 214 g/mol. The van der Waals surface area contributed by atoms with Crippen LogP contribution in [0.2, 0.25) is 0 Å². The van der Waals surface area contributed by atoms with Gasteiger partial charge in [0.1, 0.15) is 6.10 Å². The number of rotatable bonds is 5. The number of carbonyl (C=O) groups is 2. The Morgan fingerprint density at radius 3 is 2.75 bits per heavy atom. The van der Waals surface area contributed by atoms with E-state index in [0.717, 1.165) is 0 Å². The number of aliphatic hydroxyl groups is 2. The number of carboxylic acids is 1. The molecule has 1 aromatic rings. The number of pyridine rings is 1. The molecule has 1 rings (SSSR count). The van der Waals surface area contributed by atoms with Gasteiger partial charge < -0.3 is 15.3 Å². The Hall–Kier alpha value is -1.79. The second kappa shape index (κ2) is 5.34. The van der Waals surface area contributed by atoms with Crippen LogP contribution in [0.25, 0.3) is 0 Å². The van der Waals surface area contributed by atoms with Gasteiger partial charge in [0.15, 0.2) is 6.29 Å². The van der Waals surface area contributed by atoms with Gasteiger partial charge in [-0.05, 0) is 6.07 Å². The van der Waals surface area contributed by atoms with Crippen molar-refractivity contribution >= 4 is 12.3 Å². The SMILES string of the molecule is O=Cc1ccncc1C(O)C(O)CC(=O)O. The van der Waals surface area contributed by atoms with Crippen LogP contribution in [-0.2, 0) is 4.79 Å². The number of aromatic nitrogens is 1. The van der Waals surface area contributed by atoms with Crippen molar-refractivity contribution in [2.24, 2.45) is 0 Å². The van der Waals surface area contributed by atoms with Gasteiger partial charge in [0, 0.05) is 23.5 Å². The summed E-state index contributed by atoms with van der Waals surface area (Å²) in [6, 6.07) is 1.37. The maximum absolute atomic E-state index is 10.6. The zero-order valence-electron chi connectivity index (χ0n) is 8.28. The highest BCUT2D eigenvalue weighted by atomic mass is 16.4. The second-order valence-corrected chi connectivity index (χ2v) is 3.23. The monoisotopic (exact) mass is 225 g/mol. The van der Waals surface area contributed by atoms with Crippen LogP contribution in [0.1, 0.15) is 28.4 Å². The number of aliphatic hydroxyl groups excluding tert-OH is 2. The van der Waals surface area contributed by atoms with E-state index >= 15 is 0 Å². The first kappa shape index (κ1) is 12.3. The van der Waals surface area contributed by atoms with Gasteiger partial charge >= 0.3 is 5.97 Å². The molecule has 0 fully saturated rings. The normalized spacial score (nSPS) is 14.1. The van der Waals surface area contributed by atoms with Crippen LogP contribution in [-0.4, -0.2) is 38.7 Å². The highest BCUT2D eigenvalue weighted by Crippen LogP contribution is 2.20. The smallest absolute Gasteiger partial charge is 0.306 e. The van der Waals surface area contributed by atoms with Crippen molar-refractivity contribution in [3.8, 4) is 0 Å². The molecule has 86 valence electrons. The maximum Gasteiger partial charge on any atom is 0.306 e. The highest BCUT2D eigenvalue weighted by Gasteiger charge is 2.23. The molecule has 2 unspecified atom stereocenters. The van der Waals surface area contributed by atoms with Crippen LogP contribution in [0, 0.1) is 0 Å². The molecule has 0 aliphatic heterocycles. The summed E-state index contributed by atoms with van der Waals surface area (Å²) in [5.41, 5.74) is 0.290. The summed E-state index contributed by atoms with van der Waals surface area (Å²) in [6.07, 6.45) is -0.421. The minimum absolute atomic E-state index is 0.117. The molecule has 16 heavy (non-hydrogen) atoms. The zero-order chi connectivity index (χ0) is 12.1. The van der Waals surface area contributed by atoms with E-state index in [1.807, 2.05) is 0 Å².